The first-order valence-electron chi connectivity index (χ1n) is 5.15. The van der Waals surface area contributed by atoms with Crippen LogP contribution >= 0.6 is 15.9 Å². The molecule has 0 radical (unpaired) electrons. The van der Waals surface area contributed by atoms with E-state index in [4.69, 9.17) is 0 Å². The van der Waals surface area contributed by atoms with Gasteiger partial charge in [0.1, 0.15) is 5.82 Å². The van der Waals surface area contributed by atoms with E-state index < -0.39 is 0 Å². The van der Waals surface area contributed by atoms with E-state index >= 15 is 0 Å². The molecule has 17 heavy (non-hydrogen) atoms. The Labute approximate surface area is 108 Å². The van der Waals surface area contributed by atoms with Gasteiger partial charge in [-0.15, -0.1) is 0 Å². The third-order valence-corrected chi connectivity index (χ3v) is 2.73. The number of anilines is 1. The van der Waals surface area contributed by atoms with Crippen molar-refractivity contribution < 1.29 is 4.79 Å². The maximum absolute atomic E-state index is 11.9. The van der Waals surface area contributed by atoms with Crippen molar-refractivity contribution in [3.63, 3.8) is 0 Å². The molecule has 0 aliphatic carbocycles. The molecule has 0 atom stereocenters. The van der Waals surface area contributed by atoms with Crippen molar-refractivity contribution in [2.75, 3.05) is 5.32 Å². The van der Waals surface area contributed by atoms with Crippen LogP contribution in [-0.4, -0.2) is 10.9 Å². The number of hydrogen-bond acceptors (Lipinski definition) is 2. The molecule has 1 amide bonds. The summed E-state index contributed by atoms with van der Waals surface area (Å²) in [5.74, 6) is 0.392. The highest BCUT2D eigenvalue weighted by molar-refractivity contribution is 9.10. The summed E-state index contributed by atoms with van der Waals surface area (Å²) in [5.41, 5.74) is 1.66. The smallest absolute Gasteiger partial charge is 0.256 e. The van der Waals surface area contributed by atoms with Gasteiger partial charge in [-0.05, 0) is 36.8 Å². The Hall–Kier alpha value is -1.68. The van der Waals surface area contributed by atoms with E-state index in [1.807, 2.05) is 25.1 Å². The highest BCUT2D eigenvalue weighted by Crippen LogP contribution is 2.13. The molecule has 0 fully saturated rings. The molecule has 0 bridgehead atoms. The quantitative estimate of drug-likeness (QED) is 0.921. The van der Waals surface area contributed by atoms with Crippen LogP contribution in [0.4, 0.5) is 5.82 Å². The van der Waals surface area contributed by atoms with Crippen LogP contribution < -0.4 is 5.32 Å². The fraction of sp³-hybridized carbons (Fsp3) is 0.0769. The maximum atomic E-state index is 11.9. The van der Waals surface area contributed by atoms with Gasteiger partial charge in [-0.25, -0.2) is 4.98 Å². The number of nitrogens with zero attached hydrogens (tertiary/aromatic N) is 1. The number of rotatable bonds is 2. The molecule has 1 heterocycles. The van der Waals surface area contributed by atoms with E-state index in [1.54, 1.807) is 24.4 Å². The van der Waals surface area contributed by atoms with Crippen LogP contribution in [0, 0.1) is 6.92 Å². The van der Waals surface area contributed by atoms with E-state index in [0.717, 1.165) is 10.0 Å². The number of carbonyl (C=O) groups is 1. The number of nitrogens with one attached hydrogen (secondary N) is 1. The van der Waals surface area contributed by atoms with Crippen LogP contribution in [0.15, 0.2) is 47.1 Å². The van der Waals surface area contributed by atoms with Gasteiger partial charge in [0.15, 0.2) is 0 Å². The number of carbonyl (C=O) groups excluding carboxylic acids is 1. The van der Waals surface area contributed by atoms with E-state index in [-0.39, 0.29) is 5.91 Å². The number of benzene rings is 1. The molecule has 1 N–H and O–H groups in total. The van der Waals surface area contributed by atoms with Crippen LogP contribution in [0.3, 0.4) is 0 Å². The summed E-state index contributed by atoms with van der Waals surface area (Å²) in [4.78, 5) is 16.0. The maximum Gasteiger partial charge on any atom is 0.256 e. The third kappa shape index (κ3) is 3.14. The zero-order chi connectivity index (χ0) is 12.3. The molecule has 4 heteroatoms. The fourth-order valence-corrected chi connectivity index (χ4v) is 1.76. The number of halogens is 1. The summed E-state index contributed by atoms with van der Waals surface area (Å²) >= 11 is 3.33. The van der Waals surface area contributed by atoms with Crippen LogP contribution in [0.1, 0.15) is 15.9 Å². The summed E-state index contributed by atoms with van der Waals surface area (Å²) in [7, 11) is 0. The summed E-state index contributed by atoms with van der Waals surface area (Å²) < 4.78 is 0.877. The number of amides is 1. The van der Waals surface area contributed by atoms with Crippen molar-refractivity contribution in [1.82, 2.24) is 4.98 Å². The molecule has 0 spiro atoms. The Morgan fingerprint density at radius 2 is 2.12 bits per heavy atom. The lowest BCUT2D eigenvalue weighted by Gasteiger charge is -2.04. The molecule has 0 aliphatic rings. The van der Waals surface area contributed by atoms with Gasteiger partial charge in [-0.1, -0.05) is 28.1 Å². The second-order valence-corrected chi connectivity index (χ2v) is 4.60. The Kier molecular flexibility index (Phi) is 3.54. The molecular weight excluding hydrogens is 280 g/mol. The van der Waals surface area contributed by atoms with Crippen molar-refractivity contribution in [2.24, 2.45) is 0 Å². The van der Waals surface area contributed by atoms with Gasteiger partial charge in [0.25, 0.3) is 5.91 Å². The van der Waals surface area contributed by atoms with Gasteiger partial charge in [-0.2, -0.15) is 0 Å². The second-order valence-electron chi connectivity index (χ2n) is 3.69. The van der Waals surface area contributed by atoms with Crippen LogP contribution in [0.5, 0.6) is 0 Å². The molecule has 2 aromatic rings. The third-order valence-electron chi connectivity index (χ3n) is 2.24. The SMILES string of the molecule is Cc1ccc(NC(=O)c2cccc(Br)c2)nc1. The average Bonchev–Trinajstić information content (AvgIpc) is 2.32. The van der Waals surface area contributed by atoms with Crippen molar-refractivity contribution >= 4 is 27.7 Å². The lowest BCUT2D eigenvalue weighted by atomic mass is 10.2. The number of hydrogen-bond donors (Lipinski definition) is 1. The lowest BCUT2D eigenvalue weighted by molar-refractivity contribution is 0.102. The van der Waals surface area contributed by atoms with E-state index in [1.165, 1.54) is 0 Å². The van der Waals surface area contributed by atoms with Gasteiger partial charge in [-0.3, -0.25) is 4.79 Å². The molecule has 0 unspecified atom stereocenters. The first-order valence-corrected chi connectivity index (χ1v) is 5.94. The van der Waals surface area contributed by atoms with E-state index in [0.29, 0.717) is 11.4 Å². The molecule has 0 aliphatic heterocycles. The largest absolute Gasteiger partial charge is 0.307 e. The van der Waals surface area contributed by atoms with Crippen molar-refractivity contribution in [3.8, 4) is 0 Å². The van der Waals surface area contributed by atoms with Crippen LogP contribution in [0.25, 0.3) is 0 Å². The van der Waals surface area contributed by atoms with Crippen LogP contribution in [-0.2, 0) is 0 Å². The topological polar surface area (TPSA) is 42.0 Å². The van der Waals surface area contributed by atoms with E-state index in [2.05, 4.69) is 26.2 Å². The monoisotopic (exact) mass is 290 g/mol. The summed E-state index contributed by atoms with van der Waals surface area (Å²) in [6.07, 6.45) is 1.72. The fourth-order valence-electron chi connectivity index (χ4n) is 1.36. The first-order chi connectivity index (χ1) is 8.15. The lowest BCUT2D eigenvalue weighted by Crippen LogP contribution is -2.12. The van der Waals surface area contributed by atoms with E-state index in [9.17, 15) is 4.79 Å². The highest BCUT2D eigenvalue weighted by Gasteiger charge is 2.06. The number of aryl methyl sites for hydroxylation is 1. The standard InChI is InChI=1S/C13H11BrN2O/c1-9-5-6-12(15-8-9)16-13(17)10-3-2-4-11(14)7-10/h2-8H,1H3,(H,15,16,17). The van der Waals surface area contributed by atoms with Crippen molar-refractivity contribution in [3.05, 3.63) is 58.2 Å². The second kappa shape index (κ2) is 5.10. The Balaban J connectivity index is 2.14. The minimum absolute atomic E-state index is 0.164. The Bertz CT molecular complexity index is 537. The molecule has 2 rings (SSSR count). The molecule has 3 nitrogen and oxygen atoms in total. The zero-order valence-electron chi connectivity index (χ0n) is 9.27. The van der Waals surface area contributed by atoms with Gasteiger partial charge in [0.2, 0.25) is 0 Å². The summed E-state index contributed by atoms with van der Waals surface area (Å²) in [6.45, 7) is 1.95. The van der Waals surface area contributed by atoms with Gasteiger partial charge in [0.05, 0.1) is 0 Å². The molecule has 0 saturated heterocycles. The van der Waals surface area contributed by atoms with Crippen molar-refractivity contribution in [1.29, 1.82) is 0 Å². The average molecular weight is 291 g/mol. The minimum atomic E-state index is -0.164. The summed E-state index contributed by atoms with van der Waals surface area (Å²) in [5, 5.41) is 2.74. The van der Waals surface area contributed by atoms with Gasteiger partial charge < -0.3 is 5.32 Å². The normalized spacial score (nSPS) is 10.0. The number of aromatic nitrogens is 1. The number of pyridine rings is 1. The molecule has 1 aromatic heterocycles. The predicted molar refractivity (Wildman–Crippen MR) is 71.1 cm³/mol. The molecule has 0 saturated carbocycles. The minimum Gasteiger partial charge on any atom is -0.307 e. The molecule has 86 valence electrons. The molecule has 1 aromatic carbocycles. The Morgan fingerprint density at radius 1 is 1.29 bits per heavy atom. The zero-order valence-corrected chi connectivity index (χ0v) is 10.9. The molecular formula is C13H11BrN2O. The van der Waals surface area contributed by atoms with Crippen LogP contribution in [0.2, 0.25) is 0 Å². The first kappa shape index (κ1) is 11.8. The Morgan fingerprint density at radius 3 is 2.76 bits per heavy atom. The van der Waals surface area contributed by atoms with Gasteiger partial charge in [0, 0.05) is 16.2 Å². The predicted octanol–water partition coefficient (Wildman–Crippen LogP) is 3.40. The highest BCUT2D eigenvalue weighted by atomic mass is 79.9. The van der Waals surface area contributed by atoms with Crippen molar-refractivity contribution in [2.45, 2.75) is 6.92 Å². The van der Waals surface area contributed by atoms with Gasteiger partial charge >= 0.3 is 0 Å². The summed E-state index contributed by atoms with van der Waals surface area (Å²) in [6, 6.07) is 10.9.